The molecule has 0 atom stereocenters. The zero-order valence-electron chi connectivity index (χ0n) is 4.91. The molecule has 0 saturated carbocycles. The summed E-state index contributed by atoms with van der Waals surface area (Å²) in [6.07, 6.45) is 5.40. The van der Waals surface area contributed by atoms with E-state index in [9.17, 15) is 0 Å². The Morgan fingerprint density at radius 3 is 2.00 bits per heavy atom. The first kappa shape index (κ1) is 6.40. The first-order valence-corrected chi connectivity index (χ1v) is 2.40. The molecule has 2 aromatic heterocycles. The van der Waals surface area contributed by atoms with Crippen molar-refractivity contribution in [3.05, 3.63) is 25.2 Å². The monoisotopic (exact) mass is 140 g/mol. The maximum absolute atomic E-state index is 4.36. The summed E-state index contributed by atoms with van der Waals surface area (Å²) < 4.78 is 8.58. The van der Waals surface area contributed by atoms with E-state index in [1.165, 1.54) is 25.2 Å². The Kier molecular flexibility index (Phi) is 2.68. The SMILES string of the molecule is c1conn1.c1nnco1. The van der Waals surface area contributed by atoms with Crippen molar-refractivity contribution in [1.29, 1.82) is 0 Å². The van der Waals surface area contributed by atoms with Crippen molar-refractivity contribution in [2.45, 2.75) is 0 Å². The molecule has 0 spiro atoms. The molecular weight excluding hydrogens is 136 g/mol. The molecule has 0 fully saturated rings. The van der Waals surface area contributed by atoms with Gasteiger partial charge in [-0.3, -0.25) is 0 Å². The lowest BCUT2D eigenvalue weighted by Crippen LogP contribution is -1.53. The molecular formula is C4H4N4O2. The van der Waals surface area contributed by atoms with Crippen LogP contribution in [0.25, 0.3) is 0 Å². The lowest BCUT2D eigenvalue weighted by molar-refractivity contribution is 0.393. The number of hydrogen-bond donors (Lipinski definition) is 0. The van der Waals surface area contributed by atoms with Gasteiger partial charge in [0.1, 0.15) is 6.26 Å². The van der Waals surface area contributed by atoms with Gasteiger partial charge in [0.05, 0.1) is 6.20 Å². The van der Waals surface area contributed by atoms with Gasteiger partial charge >= 0.3 is 0 Å². The smallest absolute Gasteiger partial charge is 0.203 e. The van der Waals surface area contributed by atoms with E-state index in [1.807, 2.05) is 0 Å². The van der Waals surface area contributed by atoms with Crippen LogP contribution in [0.2, 0.25) is 0 Å². The molecule has 10 heavy (non-hydrogen) atoms. The zero-order chi connectivity index (χ0) is 7.07. The van der Waals surface area contributed by atoms with Crippen LogP contribution in [0.3, 0.4) is 0 Å². The van der Waals surface area contributed by atoms with E-state index < -0.39 is 0 Å². The highest BCUT2D eigenvalue weighted by molar-refractivity contribution is 4.48. The Morgan fingerprint density at radius 2 is 1.80 bits per heavy atom. The summed E-state index contributed by atoms with van der Waals surface area (Å²) in [4.78, 5) is 0. The predicted octanol–water partition coefficient (Wildman–Crippen LogP) is 0.139. The normalized spacial score (nSPS) is 8.00. The highest BCUT2D eigenvalue weighted by Crippen LogP contribution is 1.65. The van der Waals surface area contributed by atoms with Crippen LogP contribution in [0.1, 0.15) is 0 Å². The molecule has 6 nitrogen and oxygen atoms in total. The van der Waals surface area contributed by atoms with Crippen LogP contribution in [0.5, 0.6) is 0 Å². The standard InChI is InChI=1S/2C2H2N2O/c1-3-4-2-5-1;1-2-5-4-3-1/h2*1-2H. The number of rotatable bonds is 0. The van der Waals surface area contributed by atoms with Gasteiger partial charge in [-0.1, -0.05) is 0 Å². The van der Waals surface area contributed by atoms with Crippen LogP contribution < -0.4 is 0 Å². The second-order valence-electron chi connectivity index (χ2n) is 1.17. The lowest BCUT2D eigenvalue weighted by atomic mass is 11.0. The van der Waals surface area contributed by atoms with Gasteiger partial charge in [0.2, 0.25) is 12.8 Å². The Bertz CT molecular complexity index is 154. The summed E-state index contributed by atoms with van der Waals surface area (Å²) in [6, 6.07) is 0. The molecule has 0 unspecified atom stereocenters. The van der Waals surface area contributed by atoms with Gasteiger partial charge in [-0.05, 0) is 0 Å². The summed E-state index contributed by atoms with van der Waals surface area (Å²) >= 11 is 0. The average Bonchev–Trinajstić information content (AvgIpc) is 2.67. The fourth-order valence-corrected chi connectivity index (χ4v) is 0.272. The van der Waals surface area contributed by atoms with E-state index in [0.29, 0.717) is 0 Å². The molecule has 0 aliphatic rings. The predicted molar refractivity (Wildman–Crippen MR) is 28.6 cm³/mol. The van der Waals surface area contributed by atoms with Crippen molar-refractivity contribution in [1.82, 2.24) is 20.6 Å². The summed E-state index contributed by atoms with van der Waals surface area (Å²) in [5.74, 6) is 0. The van der Waals surface area contributed by atoms with Crippen LogP contribution in [0.15, 0.2) is 34.2 Å². The van der Waals surface area contributed by atoms with Crippen molar-refractivity contribution < 1.29 is 8.94 Å². The molecule has 0 aliphatic heterocycles. The third-order valence-corrected chi connectivity index (χ3v) is 0.565. The van der Waals surface area contributed by atoms with Crippen molar-refractivity contribution in [2.24, 2.45) is 0 Å². The van der Waals surface area contributed by atoms with E-state index in [0.717, 1.165) is 0 Å². The third kappa shape index (κ3) is 2.55. The molecule has 0 N–H and O–H groups in total. The topological polar surface area (TPSA) is 77.8 Å². The van der Waals surface area contributed by atoms with E-state index in [2.05, 4.69) is 29.5 Å². The summed E-state index contributed by atoms with van der Waals surface area (Å²) in [5, 5.41) is 13.0. The second-order valence-corrected chi connectivity index (χ2v) is 1.17. The molecule has 0 saturated heterocycles. The van der Waals surface area contributed by atoms with E-state index in [-0.39, 0.29) is 0 Å². The van der Waals surface area contributed by atoms with Crippen LogP contribution in [-0.2, 0) is 0 Å². The van der Waals surface area contributed by atoms with Gasteiger partial charge in [0.15, 0.2) is 0 Å². The van der Waals surface area contributed by atoms with Gasteiger partial charge < -0.3 is 8.94 Å². The highest BCUT2D eigenvalue weighted by Gasteiger charge is 1.61. The average molecular weight is 140 g/mol. The largest absolute Gasteiger partial charge is 0.431 e. The van der Waals surface area contributed by atoms with Crippen LogP contribution in [0, 0.1) is 0 Å². The fraction of sp³-hybridized carbons (Fsp3) is 0. The van der Waals surface area contributed by atoms with Gasteiger partial charge in [-0.15, -0.1) is 15.3 Å². The zero-order valence-corrected chi connectivity index (χ0v) is 4.91. The molecule has 2 heterocycles. The minimum atomic E-state index is 1.26. The fourth-order valence-electron chi connectivity index (χ4n) is 0.272. The van der Waals surface area contributed by atoms with Gasteiger partial charge in [0.25, 0.3) is 0 Å². The molecule has 2 aromatic rings. The van der Waals surface area contributed by atoms with Crippen LogP contribution in [0.4, 0.5) is 0 Å². The summed E-state index contributed by atoms with van der Waals surface area (Å²) in [6.45, 7) is 0. The van der Waals surface area contributed by atoms with Crippen molar-refractivity contribution >= 4 is 0 Å². The molecule has 6 heteroatoms. The van der Waals surface area contributed by atoms with E-state index in [4.69, 9.17) is 0 Å². The number of aromatic nitrogens is 4. The van der Waals surface area contributed by atoms with Gasteiger partial charge in [-0.2, -0.15) is 0 Å². The molecule has 0 amide bonds. The van der Waals surface area contributed by atoms with Crippen molar-refractivity contribution in [3.8, 4) is 0 Å². The maximum atomic E-state index is 4.36. The highest BCUT2D eigenvalue weighted by atomic mass is 16.5. The summed E-state index contributed by atoms with van der Waals surface area (Å²) in [7, 11) is 0. The number of nitrogens with zero attached hydrogens (tertiary/aromatic N) is 4. The first-order chi connectivity index (χ1) is 5.00. The van der Waals surface area contributed by atoms with Crippen molar-refractivity contribution in [2.75, 3.05) is 0 Å². The van der Waals surface area contributed by atoms with E-state index in [1.54, 1.807) is 0 Å². The molecule has 0 aromatic carbocycles. The lowest BCUT2D eigenvalue weighted by Gasteiger charge is -1.45. The minimum Gasteiger partial charge on any atom is -0.431 e. The van der Waals surface area contributed by atoms with Crippen molar-refractivity contribution in [3.63, 3.8) is 0 Å². The quantitative estimate of drug-likeness (QED) is 0.517. The molecule has 0 aliphatic carbocycles. The Labute approximate surface area is 55.8 Å². The maximum Gasteiger partial charge on any atom is 0.203 e. The van der Waals surface area contributed by atoms with Gasteiger partial charge in [-0.25, -0.2) is 0 Å². The first-order valence-electron chi connectivity index (χ1n) is 2.40. The number of hydrogen-bond acceptors (Lipinski definition) is 6. The Morgan fingerprint density at radius 1 is 1.00 bits per heavy atom. The Hall–Kier alpha value is -1.72. The molecule has 2 rings (SSSR count). The molecule has 52 valence electrons. The Balaban J connectivity index is 0.0000001000. The van der Waals surface area contributed by atoms with Crippen LogP contribution in [-0.4, -0.2) is 20.6 Å². The molecule has 0 radical (unpaired) electrons. The summed E-state index contributed by atoms with van der Waals surface area (Å²) in [5.41, 5.74) is 0. The second kappa shape index (κ2) is 4.19. The minimum absolute atomic E-state index is 1.26. The third-order valence-electron chi connectivity index (χ3n) is 0.565. The van der Waals surface area contributed by atoms with E-state index >= 15 is 0 Å². The molecule has 0 bridgehead atoms. The van der Waals surface area contributed by atoms with Crippen LogP contribution >= 0.6 is 0 Å². The van der Waals surface area contributed by atoms with Gasteiger partial charge in [0, 0.05) is 5.27 Å².